The van der Waals surface area contributed by atoms with Crippen molar-refractivity contribution in [2.45, 2.75) is 45.4 Å². The van der Waals surface area contributed by atoms with Crippen molar-refractivity contribution in [2.75, 3.05) is 39.3 Å². The maximum atomic E-state index is 12.4. The lowest BCUT2D eigenvalue weighted by Gasteiger charge is -2.34. The molecule has 3 rings (SSSR count). The summed E-state index contributed by atoms with van der Waals surface area (Å²) >= 11 is 1.77. The third-order valence-electron chi connectivity index (χ3n) is 4.72. The second kappa shape index (κ2) is 9.12. The van der Waals surface area contributed by atoms with Crippen LogP contribution in [-0.4, -0.2) is 67.2 Å². The van der Waals surface area contributed by atoms with Crippen LogP contribution in [0.3, 0.4) is 0 Å². The summed E-state index contributed by atoms with van der Waals surface area (Å²) in [7, 11) is 0. The third-order valence-corrected chi connectivity index (χ3v) is 5.58. The second-order valence-electron chi connectivity index (χ2n) is 7.67. The number of carbonyl (C=O) groups excluding carboxylic acids is 1. The average Bonchev–Trinajstić information content (AvgIpc) is 3.30. The number of morpholine rings is 1. The highest BCUT2D eigenvalue weighted by atomic mass is 32.1. The highest BCUT2D eigenvalue weighted by Crippen LogP contribution is 2.28. The molecule has 1 unspecified atom stereocenters. The molecule has 1 aromatic rings. The maximum Gasteiger partial charge on any atom is 0.234 e. The largest absolute Gasteiger partial charge is 0.374 e. The molecule has 0 spiro atoms. The summed E-state index contributed by atoms with van der Waals surface area (Å²) < 4.78 is 5.82. The van der Waals surface area contributed by atoms with E-state index in [-0.39, 0.29) is 12.0 Å². The van der Waals surface area contributed by atoms with Crippen LogP contribution in [0.15, 0.2) is 17.5 Å². The van der Waals surface area contributed by atoms with E-state index < -0.39 is 0 Å². The Morgan fingerprint density at radius 1 is 1.48 bits per heavy atom. The molecule has 0 bridgehead atoms. The predicted octanol–water partition coefficient (Wildman–Crippen LogP) is 2.19. The average molecular weight is 366 g/mol. The standard InChI is InChI=1S/C19H31N3O2S/c1-15(2)11-21-7-8-24-17(12-21)10-20-19(23)14-22(16-5-6-16)13-18-4-3-9-25-18/h3-4,9,15-17H,5-8,10-14H2,1-2H3,(H,20,23). The first-order valence-corrected chi connectivity index (χ1v) is 10.3. The molecule has 5 nitrogen and oxygen atoms in total. The van der Waals surface area contributed by atoms with Crippen molar-refractivity contribution in [1.29, 1.82) is 0 Å². The molecule has 2 fully saturated rings. The molecule has 1 aliphatic heterocycles. The summed E-state index contributed by atoms with van der Waals surface area (Å²) in [5.41, 5.74) is 0. The van der Waals surface area contributed by atoms with Crippen molar-refractivity contribution in [3.63, 3.8) is 0 Å². The fourth-order valence-corrected chi connectivity index (χ4v) is 4.14. The van der Waals surface area contributed by atoms with Crippen LogP contribution in [0.4, 0.5) is 0 Å². The Labute approximate surface area is 155 Å². The molecule has 1 saturated heterocycles. The zero-order chi connectivity index (χ0) is 17.6. The van der Waals surface area contributed by atoms with Gasteiger partial charge in [0.25, 0.3) is 0 Å². The summed E-state index contributed by atoms with van der Waals surface area (Å²) in [6.45, 7) is 10.3. The minimum atomic E-state index is 0.114. The van der Waals surface area contributed by atoms with Crippen LogP contribution in [0.1, 0.15) is 31.6 Å². The first-order valence-electron chi connectivity index (χ1n) is 9.47. The molecule has 2 aliphatic rings. The smallest absolute Gasteiger partial charge is 0.234 e. The van der Waals surface area contributed by atoms with E-state index in [0.29, 0.717) is 25.0 Å². The summed E-state index contributed by atoms with van der Waals surface area (Å²) in [5.74, 6) is 0.783. The maximum absolute atomic E-state index is 12.4. The summed E-state index contributed by atoms with van der Waals surface area (Å²) in [5, 5.41) is 5.19. The zero-order valence-electron chi connectivity index (χ0n) is 15.4. The van der Waals surface area contributed by atoms with E-state index in [1.807, 2.05) is 0 Å². The van der Waals surface area contributed by atoms with Gasteiger partial charge in [-0.2, -0.15) is 0 Å². The van der Waals surface area contributed by atoms with Gasteiger partial charge in [0.1, 0.15) is 0 Å². The number of ether oxygens (including phenoxy) is 1. The van der Waals surface area contributed by atoms with Gasteiger partial charge in [-0.25, -0.2) is 0 Å². The molecule has 1 aromatic heterocycles. The highest BCUT2D eigenvalue weighted by Gasteiger charge is 2.30. The zero-order valence-corrected chi connectivity index (χ0v) is 16.3. The van der Waals surface area contributed by atoms with Crippen molar-refractivity contribution in [1.82, 2.24) is 15.1 Å². The molecular weight excluding hydrogens is 334 g/mol. The van der Waals surface area contributed by atoms with Gasteiger partial charge >= 0.3 is 0 Å². The summed E-state index contributed by atoms with van der Waals surface area (Å²) in [6, 6.07) is 4.81. The van der Waals surface area contributed by atoms with Gasteiger partial charge in [-0.05, 0) is 30.2 Å². The van der Waals surface area contributed by atoms with Gasteiger partial charge in [-0.3, -0.25) is 14.6 Å². The van der Waals surface area contributed by atoms with Crippen molar-refractivity contribution >= 4 is 17.2 Å². The molecule has 1 N–H and O–H groups in total. The Balaban J connectivity index is 1.40. The number of nitrogens with one attached hydrogen (secondary N) is 1. The topological polar surface area (TPSA) is 44.8 Å². The lowest BCUT2D eigenvalue weighted by molar-refractivity contribution is -0.123. The highest BCUT2D eigenvalue weighted by molar-refractivity contribution is 7.09. The van der Waals surface area contributed by atoms with Crippen molar-refractivity contribution in [3.8, 4) is 0 Å². The fraction of sp³-hybridized carbons (Fsp3) is 0.737. The van der Waals surface area contributed by atoms with Gasteiger partial charge in [0.2, 0.25) is 5.91 Å². The van der Waals surface area contributed by atoms with E-state index in [1.165, 1.54) is 17.7 Å². The van der Waals surface area contributed by atoms with Crippen LogP contribution in [0.2, 0.25) is 0 Å². The molecule has 0 aromatic carbocycles. The van der Waals surface area contributed by atoms with Crippen LogP contribution < -0.4 is 5.32 Å². The van der Waals surface area contributed by atoms with Crippen LogP contribution in [0.25, 0.3) is 0 Å². The Kier molecular flexibility index (Phi) is 6.87. The van der Waals surface area contributed by atoms with E-state index in [4.69, 9.17) is 4.74 Å². The first kappa shape index (κ1) is 18.8. The Bertz CT molecular complexity index is 531. The lowest BCUT2D eigenvalue weighted by atomic mass is 10.2. The SMILES string of the molecule is CC(C)CN1CCOC(CNC(=O)CN(Cc2cccs2)C2CC2)C1. The van der Waals surface area contributed by atoms with Crippen molar-refractivity contribution in [3.05, 3.63) is 22.4 Å². The number of carbonyl (C=O) groups is 1. The third kappa shape index (κ3) is 6.37. The molecule has 140 valence electrons. The van der Waals surface area contributed by atoms with Crippen LogP contribution >= 0.6 is 11.3 Å². The molecular formula is C19H31N3O2S. The van der Waals surface area contributed by atoms with E-state index in [1.54, 1.807) is 11.3 Å². The van der Waals surface area contributed by atoms with Crippen molar-refractivity contribution < 1.29 is 9.53 Å². The molecule has 1 amide bonds. The quantitative estimate of drug-likeness (QED) is 0.729. The lowest BCUT2D eigenvalue weighted by Crippen LogP contribution is -2.49. The normalized spacial score (nSPS) is 21.8. The fourth-order valence-electron chi connectivity index (χ4n) is 3.41. The van der Waals surface area contributed by atoms with Gasteiger partial charge in [-0.15, -0.1) is 11.3 Å². The number of thiophene rings is 1. The summed E-state index contributed by atoms with van der Waals surface area (Å²) in [6.07, 6.45) is 2.55. The first-order chi connectivity index (χ1) is 12.1. The number of amides is 1. The van der Waals surface area contributed by atoms with E-state index in [9.17, 15) is 4.79 Å². The van der Waals surface area contributed by atoms with Gasteiger partial charge < -0.3 is 10.1 Å². The monoisotopic (exact) mass is 365 g/mol. The van der Waals surface area contributed by atoms with Gasteiger partial charge in [0.05, 0.1) is 19.3 Å². The molecule has 0 radical (unpaired) electrons. The number of hydrogen-bond donors (Lipinski definition) is 1. The van der Waals surface area contributed by atoms with E-state index >= 15 is 0 Å². The predicted molar refractivity (Wildman–Crippen MR) is 102 cm³/mol. The number of rotatable bonds is 9. The van der Waals surface area contributed by atoms with Gasteiger partial charge in [0, 0.05) is 43.6 Å². The Morgan fingerprint density at radius 2 is 2.32 bits per heavy atom. The van der Waals surface area contributed by atoms with Crippen LogP contribution in [-0.2, 0) is 16.1 Å². The van der Waals surface area contributed by atoms with E-state index in [0.717, 1.165) is 32.8 Å². The van der Waals surface area contributed by atoms with Gasteiger partial charge in [0.15, 0.2) is 0 Å². The van der Waals surface area contributed by atoms with Crippen LogP contribution in [0, 0.1) is 5.92 Å². The number of hydrogen-bond acceptors (Lipinski definition) is 5. The minimum absolute atomic E-state index is 0.114. The molecule has 25 heavy (non-hydrogen) atoms. The molecule has 2 heterocycles. The summed E-state index contributed by atoms with van der Waals surface area (Å²) in [4.78, 5) is 18.5. The van der Waals surface area contributed by atoms with Crippen LogP contribution in [0.5, 0.6) is 0 Å². The Morgan fingerprint density at radius 3 is 3.00 bits per heavy atom. The Hall–Kier alpha value is -0.950. The minimum Gasteiger partial charge on any atom is -0.374 e. The molecule has 1 saturated carbocycles. The number of nitrogens with zero attached hydrogens (tertiary/aromatic N) is 2. The van der Waals surface area contributed by atoms with E-state index in [2.05, 4.69) is 46.5 Å². The molecule has 1 aliphatic carbocycles. The second-order valence-corrected chi connectivity index (χ2v) is 8.70. The van der Waals surface area contributed by atoms with Crippen molar-refractivity contribution in [2.24, 2.45) is 5.92 Å². The molecule has 1 atom stereocenters. The molecule has 6 heteroatoms. The van der Waals surface area contributed by atoms with Gasteiger partial charge in [-0.1, -0.05) is 19.9 Å².